The first-order valence-electron chi connectivity index (χ1n) is 11.3. The Kier molecular flexibility index (Phi) is 12.4. The minimum Gasteiger partial charge on any atom is -0.480 e. The van der Waals surface area contributed by atoms with Gasteiger partial charge in [-0.25, -0.2) is 4.79 Å². The maximum absolute atomic E-state index is 13.1. The quantitative estimate of drug-likeness (QED) is 0.151. The molecule has 35 heavy (non-hydrogen) atoms. The van der Waals surface area contributed by atoms with Gasteiger partial charge in [-0.15, -0.1) is 0 Å². The van der Waals surface area contributed by atoms with Crippen molar-refractivity contribution in [2.24, 2.45) is 17.4 Å². The monoisotopic (exact) mass is 493 g/mol. The molecule has 0 fully saturated rings. The highest BCUT2D eigenvalue weighted by Gasteiger charge is 2.30. The number of hydrogen-bond acceptors (Lipinski definition) is 7. The van der Waals surface area contributed by atoms with Crippen LogP contribution in [0, 0.1) is 5.92 Å². The normalized spacial score (nSPS) is 14.3. The zero-order chi connectivity index (χ0) is 26.5. The average molecular weight is 494 g/mol. The maximum Gasteiger partial charge on any atom is 0.328 e. The first kappa shape index (κ1) is 29.5. The average Bonchev–Trinajstić information content (AvgIpc) is 2.79. The van der Waals surface area contributed by atoms with Gasteiger partial charge in [0.05, 0.1) is 12.6 Å². The van der Waals surface area contributed by atoms with Gasteiger partial charge >= 0.3 is 5.97 Å². The fourth-order valence-corrected chi connectivity index (χ4v) is 3.24. The van der Waals surface area contributed by atoms with Crippen LogP contribution in [0.2, 0.25) is 0 Å². The lowest BCUT2D eigenvalue weighted by molar-refractivity contribution is -0.143. The summed E-state index contributed by atoms with van der Waals surface area (Å²) in [5, 5.41) is 25.4. The van der Waals surface area contributed by atoms with E-state index in [1.807, 2.05) is 13.8 Å². The molecule has 4 unspecified atom stereocenters. The second-order valence-corrected chi connectivity index (χ2v) is 8.64. The summed E-state index contributed by atoms with van der Waals surface area (Å²) in [6.07, 6.45) is -0.00794. The number of hydrogen-bond donors (Lipinski definition) is 7. The van der Waals surface area contributed by atoms with Crippen molar-refractivity contribution in [3.8, 4) is 0 Å². The van der Waals surface area contributed by atoms with Gasteiger partial charge in [0.1, 0.15) is 18.1 Å². The van der Waals surface area contributed by atoms with Crippen molar-refractivity contribution in [1.82, 2.24) is 16.0 Å². The smallest absolute Gasteiger partial charge is 0.328 e. The van der Waals surface area contributed by atoms with E-state index in [9.17, 15) is 29.1 Å². The standard InChI is InChI=1S/C23H35N5O7/c1-13(2)10-15(24)20(31)27-17(11-14-6-4-3-5-7-14)22(33)26-16(8-9-19(25)30)21(32)28-18(12-29)23(34)35/h3-7,13,15-18,29H,8-12,24H2,1-2H3,(H2,25,30)(H,26,33)(H,27,31)(H,28,32)(H,34,35). The molecule has 4 amide bonds. The van der Waals surface area contributed by atoms with Gasteiger partial charge in [0.2, 0.25) is 23.6 Å². The molecule has 0 saturated carbocycles. The van der Waals surface area contributed by atoms with Crippen molar-refractivity contribution in [3.63, 3.8) is 0 Å². The molecule has 1 aromatic carbocycles. The van der Waals surface area contributed by atoms with Crippen LogP contribution in [0.1, 0.15) is 38.7 Å². The largest absolute Gasteiger partial charge is 0.480 e. The third-order valence-corrected chi connectivity index (χ3v) is 5.09. The molecule has 9 N–H and O–H groups in total. The Morgan fingerprint density at radius 2 is 1.43 bits per heavy atom. The number of amides is 4. The number of carbonyl (C=O) groups excluding carboxylic acids is 4. The van der Waals surface area contributed by atoms with Gasteiger partial charge < -0.3 is 37.6 Å². The Labute approximate surface area is 203 Å². The molecule has 0 bridgehead atoms. The van der Waals surface area contributed by atoms with Crippen LogP contribution in [0.4, 0.5) is 0 Å². The highest BCUT2D eigenvalue weighted by molar-refractivity contribution is 5.94. The Balaban J connectivity index is 3.09. The van der Waals surface area contributed by atoms with Crippen LogP contribution >= 0.6 is 0 Å². The van der Waals surface area contributed by atoms with Crippen LogP contribution in [0.3, 0.4) is 0 Å². The molecule has 1 aromatic rings. The SMILES string of the molecule is CC(C)CC(N)C(=O)NC(Cc1ccccc1)C(=O)NC(CCC(N)=O)C(=O)NC(CO)C(=O)O. The number of benzene rings is 1. The minimum atomic E-state index is -1.61. The number of aliphatic hydroxyl groups is 1. The van der Waals surface area contributed by atoms with E-state index in [-0.39, 0.29) is 25.2 Å². The Morgan fingerprint density at radius 1 is 0.886 bits per heavy atom. The van der Waals surface area contributed by atoms with Crippen LogP contribution in [-0.2, 0) is 30.4 Å². The van der Waals surface area contributed by atoms with Crippen molar-refractivity contribution in [3.05, 3.63) is 35.9 Å². The number of carbonyl (C=O) groups is 5. The van der Waals surface area contributed by atoms with Gasteiger partial charge in [0.25, 0.3) is 0 Å². The lowest BCUT2D eigenvalue weighted by Crippen LogP contribution is -2.58. The van der Waals surface area contributed by atoms with E-state index in [0.717, 1.165) is 5.56 Å². The first-order valence-corrected chi connectivity index (χ1v) is 11.3. The maximum atomic E-state index is 13.1. The second kappa shape index (κ2) is 14.7. The number of rotatable bonds is 15. The van der Waals surface area contributed by atoms with E-state index < -0.39 is 60.4 Å². The molecule has 194 valence electrons. The fraction of sp³-hybridized carbons (Fsp3) is 0.522. The third kappa shape index (κ3) is 11.0. The van der Waals surface area contributed by atoms with Crippen LogP contribution in [-0.4, -0.2) is 70.6 Å². The summed E-state index contributed by atoms with van der Waals surface area (Å²) in [5.74, 6) is -4.27. The molecule has 0 spiro atoms. The van der Waals surface area contributed by atoms with Crippen LogP contribution in [0.5, 0.6) is 0 Å². The lowest BCUT2D eigenvalue weighted by Gasteiger charge is -2.25. The van der Waals surface area contributed by atoms with E-state index in [1.54, 1.807) is 30.3 Å². The number of nitrogens with two attached hydrogens (primary N) is 2. The third-order valence-electron chi connectivity index (χ3n) is 5.09. The number of nitrogens with one attached hydrogen (secondary N) is 3. The van der Waals surface area contributed by atoms with Gasteiger partial charge in [-0.05, 0) is 24.3 Å². The summed E-state index contributed by atoms with van der Waals surface area (Å²) in [6.45, 7) is 2.93. The molecular formula is C23H35N5O7. The van der Waals surface area contributed by atoms with Crippen molar-refractivity contribution >= 4 is 29.6 Å². The van der Waals surface area contributed by atoms with Crippen molar-refractivity contribution in [1.29, 1.82) is 0 Å². The summed E-state index contributed by atoms with van der Waals surface area (Å²) in [5.41, 5.74) is 11.8. The summed E-state index contributed by atoms with van der Waals surface area (Å²) in [6, 6.07) is 3.93. The second-order valence-electron chi connectivity index (χ2n) is 8.64. The van der Waals surface area contributed by atoms with E-state index >= 15 is 0 Å². The number of carboxylic acids is 1. The molecule has 0 aliphatic carbocycles. The number of aliphatic carboxylic acids is 1. The van der Waals surface area contributed by atoms with Crippen molar-refractivity contribution < 1.29 is 34.2 Å². The highest BCUT2D eigenvalue weighted by atomic mass is 16.4. The Morgan fingerprint density at radius 3 is 1.94 bits per heavy atom. The zero-order valence-corrected chi connectivity index (χ0v) is 19.9. The number of carboxylic acid groups (broad SMARTS) is 1. The topological polar surface area (TPSA) is 214 Å². The molecule has 0 aromatic heterocycles. The molecule has 0 aliphatic heterocycles. The lowest BCUT2D eigenvalue weighted by atomic mass is 10.0. The summed E-state index contributed by atoms with van der Waals surface area (Å²) in [4.78, 5) is 60.8. The van der Waals surface area contributed by atoms with Gasteiger partial charge in [0, 0.05) is 12.8 Å². The molecule has 0 radical (unpaired) electrons. The predicted octanol–water partition coefficient (Wildman–Crippen LogP) is -1.60. The van der Waals surface area contributed by atoms with Crippen LogP contribution in [0.25, 0.3) is 0 Å². The molecule has 0 aliphatic rings. The molecule has 4 atom stereocenters. The predicted molar refractivity (Wildman–Crippen MR) is 127 cm³/mol. The fourth-order valence-electron chi connectivity index (χ4n) is 3.24. The Hall–Kier alpha value is -3.51. The van der Waals surface area contributed by atoms with Gasteiger partial charge in [-0.1, -0.05) is 44.2 Å². The van der Waals surface area contributed by atoms with Crippen LogP contribution < -0.4 is 27.4 Å². The van der Waals surface area contributed by atoms with E-state index in [4.69, 9.17) is 16.6 Å². The van der Waals surface area contributed by atoms with Crippen molar-refractivity contribution in [2.45, 2.75) is 63.7 Å². The molecule has 0 heterocycles. The van der Waals surface area contributed by atoms with Gasteiger partial charge in [-0.3, -0.25) is 19.2 Å². The Bertz CT molecular complexity index is 878. The molecular weight excluding hydrogens is 458 g/mol. The molecule has 1 rings (SSSR count). The summed E-state index contributed by atoms with van der Waals surface area (Å²) in [7, 11) is 0. The number of aliphatic hydroxyl groups excluding tert-OH is 1. The molecule has 0 saturated heterocycles. The molecule has 12 heteroatoms. The number of primary amides is 1. The van der Waals surface area contributed by atoms with Gasteiger partial charge in [0.15, 0.2) is 0 Å². The first-order chi connectivity index (χ1) is 16.4. The summed E-state index contributed by atoms with van der Waals surface area (Å²) >= 11 is 0. The van der Waals surface area contributed by atoms with Crippen LogP contribution in [0.15, 0.2) is 30.3 Å². The van der Waals surface area contributed by atoms with Crippen molar-refractivity contribution in [2.75, 3.05) is 6.61 Å². The highest BCUT2D eigenvalue weighted by Crippen LogP contribution is 2.08. The zero-order valence-electron chi connectivity index (χ0n) is 19.9. The minimum absolute atomic E-state index is 0.0887. The molecule has 12 nitrogen and oxygen atoms in total. The van der Waals surface area contributed by atoms with E-state index in [1.165, 1.54) is 0 Å². The summed E-state index contributed by atoms with van der Waals surface area (Å²) < 4.78 is 0. The van der Waals surface area contributed by atoms with E-state index in [2.05, 4.69) is 16.0 Å². The van der Waals surface area contributed by atoms with Gasteiger partial charge in [-0.2, -0.15) is 0 Å². The van der Waals surface area contributed by atoms with E-state index in [0.29, 0.717) is 6.42 Å².